The first-order chi connectivity index (χ1) is 25.3. The number of amides is 1. The number of hydrogen-bond donors (Lipinski definition) is 2. The predicted molar refractivity (Wildman–Crippen MR) is 197 cm³/mol. The van der Waals surface area contributed by atoms with Crippen molar-refractivity contribution in [1.29, 1.82) is 0 Å². The molecule has 54 heavy (non-hydrogen) atoms. The van der Waals surface area contributed by atoms with Gasteiger partial charge in [0.25, 0.3) is 5.67 Å². The van der Waals surface area contributed by atoms with E-state index < -0.39 is 83.6 Å². The highest BCUT2D eigenvalue weighted by Crippen LogP contribution is 2.39. The fourth-order valence-electron chi connectivity index (χ4n) is 8.06. The minimum Gasteiger partial charge on any atom is -0.456 e. The van der Waals surface area contributed by atoms with Crippen LogP contribution in [0.2, 0.25) is 0 Å². The van der Waals surface area contributed by atoms with Crippen molar-refractivity contribution in [3.63, 3.8) is 0 Å². The quantitative estimate of drug-likeness (QED) is 0.303. The molecule has 0 bridgehead atoms. The topological polar surface area (TPSA) is 163 Å². The number of aromatic nitrogens is 1. The first-order valence-corrected chi connectivity index (χ1v) is 18.6. The van der Waals surface area contributed by atoms with E-state index in [0.29, 0.717) is 6.42 Å². The van der Waals surface area contributed by atoms with Crippen LogP contribution in [-0.4, -0.2) is 119 Å². The molecule has 3 aliphatic heterocycles. The smallest absolute Gasteiger partial charge is 0.407 e. The Hall–Kier alpha value is -3.82. The second-order valence-electron chi connectivity index (χ2n) is 15.7. The van der Waals surface area contributed by atoms with Crippen LogP contribution in [0, 0.1) is 17.8 Å². The van der Waals surface area contributed by atoms with Crippen molar-refractivity contribution in [1.82, 2.24) is 15.2 Å². The third kappa shape index (κ3) is 8.68. The van der Waals surface area contributed by atoms with Gasteiger partial charge in [0.2, 0.25) is 0 Å². The number of likely N-dealkylation sites (N-methyl/N-ethyl adjacent to an activating group) is 1. The number of hydrogen-bond acceptors (Lipinski definition) is 12. The second-order valence-corrected chi connectivity index (χ2v) is 15.7. The van der Waals surface area contributed by atoms with Crippen molar-refractivity contribution in [3.8, 4) is 0 Å². The second kappa shape index (κ2) is 16.5. The van der Waals surface area contributed by atoms with E-state index in [1.807, 2.05) is 62.3 Å². The highest BCUT2D eigenvalue weighted by Gasteiger charge is 2.55. The first-order valence-electron chi connectivity index (χ1n) is 18.6. The number of ether oxygens (including phenoxy) is 5. The largest absolute Gasteiger partial charge is 0.456 e. The van der Waals surface area contributed by atoms with Crippen molar-refractivity contribution in [2.45, 2.75) is 121 Å². The van der Waals surface area contributed by atoms with E-state index in [2.05, 4.69) is 10.3 Å². The number of halogens is 1. The van der Waals surface area contributed by atoms with Gasteiger partial charge in [0.15, 0.2) is 18.2 Å². The summed E-state index contributed by atoms with van der Waals surface area (Å²) in [5.74, 6) is -5.88. The number of alkyl carbamates (subject to hydrolysis) is 1. The van der Waals surface area contributed by atoms with Crippen LogP contribution in [-0.2, 0) is 38.1 Å². The third-order valence-corrected chi connectivity index (χ3v) is 11.1. The fraction of sp³-hybridized carbons (Fsp3) is 0.625. The Kier molecular flexibility index (Phi) is 12.6. The standard InChI is InChI=1S/C40H54FN3O10/c1-21-20-39(6,50-17-11-12-26-14-15-28-27(19-26)13-10-16-42-28)35(54-36-32(46)29(44(8)9)18-22(2)51-36)24(4)34(47)40(7,41)37(48)52-25(5)33-30(23(3)31(21)45)43-38(49)53-33/h10-16,19,21-25,29-30,32-33,35-36,46H,17-18,20H2,1-9H3,(H,43,49)/b12-11+/t21-,22-,23-,24+,25+,29+,30?,32-,33?,35-,36+,39+,40?/m1/s1. The Bertz CT molecular complexity index is 1740. The molecule has 14 heteroatoms. The Balaban J connectivity index is 1.56. The summed E-state index contributed by atoms with van der Waals surface area (Å²) < 4.78 is 46.7. The van der Waals surface area contributed by atoms with Gasteiger partial charge in [0.05, 0.1) is 36.0 Å². The number of carbonyl (C=O) groups is 4. The molecule has 13 atom stereocenters. The number of aliphatic hydroxyl groups is 1. The van der Waals surface area contributed by atoms with Gasteiger partial charge in [-0.05, 0) is 78.4 Å². The molecular weight excluding hydrogens is 701 g/mol. The maximum atomic E-state index is 16.6. The molecule has 2 aromatic rings. The average molecular weight is 756 g/mol. The van der Waals surface area contributed by atoms with E-state index in [0.717, 1.165) is 23.4 Å². The van der Waals surface area contributed by atoms with Gasteiger partial charge in [-0.25, -0.2) is 14.0 Å². The number of fused-ring (bicyclic) bond motifs is 2. The Morgan fingerprint density at radius 1 is 1.06 bits per heavy atom. The molecular formula is C40H54FN3O10. The summed E-state index contributed by atoms with van der Waals surface area (Å²) in [6, 6.07) is 8.31. The summed E-state index contributed by atoms with van der Waals surface area (Å²) in [6.45, 7) is 10.5. The molecule has 0 spiro atoms. The fourth-order valence-corrected chi connectivity index (χ4v) is 8.06. The summed E-state index contributed by atoms with van der Waals surface area (Å²) in [4.78, 5) is 60.4. The first kappa shape index (κ1) is 41.3. The number of cyclic esters (lactones) is 1. The highest BCUT2D eigenvalue weighted by molar-refractivity contribution is 6.07. The monoisotopic (exact) mass is 755 g/mol. The molecule has 3 aliphatic rings. The van der Waals surface area contributed by atoms with Crippen LogP contribution in [0.25, 0.3) is 17.0 Å². The molecule has 3 unspecified atom stereocenters. The lowest BCUT2D eigenvalue weighted by Crippen LogP contribution is -2.60. The van der Waals surface area contributed by atoms with Crippen molar-refractivity contribution in [2.75, 3.05) is 20.7 Å². The van der Waals surface area contributed by atoms with Gasteiger partial charge in [-0.2, -0.15) is 0 Å². The van der Waals surface area contributed by atoms with Crippen LogP contribution >= 0.6 is 0 Å². The predicted octanol–water partition coefficient (Wildman–Crippen LogP) is 4.42. The minimum absolute atomic E-state index is 0.0232. The number of benzene rings is 1. The molecule has 1 aromatic carbocycles. The molecule has 0 aliphatic carbocycles. The maximum Gasteiger partial charge on any atom is 0.407 e. The Morgan fingerprint density at radius 3 is 2.48 bits per heavy atom. The molecule has 4 heterocycles. The number of ketones is 2. The van der Waals surface area contributed by atoms with E-state index >= 15 is 4.39 Å². The number of rotatable bonds is 7. The number of nitrogens with zero attached hydrogens (tertiary/aromatic N) is 2. The summed E-state index contributed by atoms with van der Waals surface area (Å²) >= 11 is 0. The van der Waals surface area contributed by atoms with Crippen molar-refractivity contribution < 1.29 is 52.4 Å². The number of nitrogens with one attached hydrogen (secondary N) is 1. The molecule has 0 radical (unpaired) electrons. The van der Waals surface area contributed by atoms with E-state index in [9.17, 15) is 24.3 Å². The molecule has 0 saturated carbocycles. The lowest BCUT2D eigenvalue weighted by Gasteiger charge is -2.47. The minimum atomic E-state index is -3.17. The summed E-state index contributed by atoms with van der Waals surface area (Å²) in [5, 5.41) is 15.1. The van der Waals surface area contributed by atoms with Gasteiger partial charge < -0.3 is 39.0 Å². The number of esters is 1. The third-order valence-electron chi connectivity index (χ3n) is 11.1. The highest BCUT2D eigenvalue weighted by atomic mass is 19.1. The van der Waals surface area contributed by atoms with Crippen LogP contribution < -0.4 is 5.32 Å². The van der Waals surface area contributed by atoms with Crippen LogP contribution in [0.15, 0.2) is 42.6 Å². The van der Waals surface area contributed by atoms with Gasteiger partial charge in [-0.15, -0.1) is 0 Å². The zero-order valence-electron chi connectivity index (χ0n) is 32.5. The number of pyridine rings is 1. The molecule has 1 aromatic heterocycles. The normalized spacial score (nSPS) is 38.6. The van der Waals surface area contributed by atoms with E-state index in [1.54, 1.807) is 33.0 Å². The van der Waals surface area contributed by atoms with Gasteiger partial charge in [-0.3, -0.25) is 14.6 Å². The van der Waals surface area contributed by atoms with Crippen molar-refractivity contribution in [3.05, 3.63) is 48.2 Å². The van der Waals surface area contributed by atoms with Gasteiger partial charge in [0.1, 0.15) is 18.0 Å². The number of Topliss-reactive ketones (excluding diaryl/α,β-unsaturated/α-hetero) is 2. The maximum absolute atomic E-state index is 16.6. The molecule has 5 rings (SSSR count). The molecule has 296 valence electrons. The number of aliphatic hydroxyl groups excluding tert-OH is 1. The zero-order chi connectivity index (χ0) is 39.7. The Labute approximate surface area is 315 Å². The van der Waals surface area contributed by atoms with E-state index in [4.69, 9.17) is 23.7 Å². The molecule has 2 N–H and O–H groups in total. The van der Waals surface area contributed by atoms with Gasteiger partial charge >= 0.3 is 12.1 Å². The zero-order valence-corrected chi connectivity index (χ0v) is 32.5. The van der Waals surface area contributed by atoms with Crippen LogP contribution in [0.1, 0.15) is 66.9 Å². The average Bonchev–Trinajstić information content (AvgIpc) is 3.53. The van der Waals surface area contributed by atoms with Gasteiger partial charge in [-0.1, -0.05) is 45.1 Å². The summed E-state index contributed by atoms with van der Waals surface area (Å²) in [5.41, 5.74) is -2.97. The van der Waals surface area contributed by atoms with E-state index in [-0.39, 0.29) is 31.0 Å². The lowest BCUT2D eigenvalue weighted by molar-refractivity contribution is -0.297. The SMILES string of the molecule is C[C@@H]1C[C@H](N(C)C)[C@@H](O)[C@H](O[C@@H]2[C@@H](C)C(=O)C(C)(F)C(=O)O[C@@H](C)C3OC(=O)NC3[C@@H](C)C(=O)[C@H](C)C[C@]2(C)OC/C=C/c2ccc3ncccc3c2)O1. The van der Waals surface area contributed by atoms with Crippen molar-refractivity contribution in [2.24, 2.45) is 17.8 Å². The number of alkyl halides is 1. The molecule has 3 saturated heterocycles. The summed E-state index contributed by atoms with van der Waals surface area (Å²) in [7, 11) is 3.64. The van der Waals surface area contributed by atoms with Gasteiger partial charge in [0, 0.05) is 35.4 Å². The molecule has 1 amide bonds. The van der Waals surface area contributed by atoms with Crippen LogP contribution in [0.5, 0.6) is 0 Å². The molecule has 3 fully saturated rings. The summed E-state index contributed by atoms with van der Waals surface area (Å²) in [6.07, 6.45) is -1.48. The lowest BCUT2D eigenvalue weighted by atomic mass is 9.75. The Morgan fingerprint density at radius 2 is 1.78 bits per heavy atom. The van der Waals surface area contributed by atoms with Crippen LogP contribution in [0.4, 0.5) is 9.18 Å². The number of carbonyl (C=O) groups excluding carboxylic acids is 4. The van der Waals surface area contributed by atoms with Crippen molar-refractivity contribution >= 4 is 40.6 Å². The van der Waals surface area contributed by atoms with E-state index in [1.165, 1.54) is 13.8 Å². The van der Waals surface area contributed by atoms with Crippen LogP contribution in [0.3, 0.4) is 0 Å². The molecule has 13 nitrogen and oxygen atoms in total.